The van der Waals surface area contributed by atoms with E-state index < -0.39 is 11.6 Å². The van der Waals surface area contributed by atoms with E-state index in [-0.39, 0.29) is 11.7 Å². The normalized spacial score (nSPS) is 21.1. The number of nitrogens with one attached hydrogen (secondary N) is 1. The molecule has 1 atom stereocenters. The molecule has 0 spiro atoms. The molecule has 1 N–H and O–H groups in total. The molecule has 1 heterocycles. The van der Waals surface area contributed by atoms with Gasteiger partial charge >= 0.3 is 0 Å². The fraction of sp³-hybridized carbons (Fsp3) is 0.400. The van der Waals surface area contributed by atoms with Crippen LogP contribution >= 0.6 is 0 Å². The maximum Gasteiger partial charge on any atom is 0.149 e. The average molecular weight is 199 g/mol. The fourth-order valence-corrected chi connectivity index (χ4v) is 1.49. The van der Waals surface area contributed by atoms with Gasteiger partial charge in [0.1, 0.15) is 17.3 Å². The van der Waals surface area contributed by atoms with Crippen LogP contribution in [0.2, 0.25) is 0 Å². The smallest absolute Gasteiger partial charge is 0.149 e. The molecule has 0 bridgehead atoms. The number of benzene rings is 1. The summed E-state index contributed by atoms with van der Waals surface area (Å²) >= 11 is 0. The van der Waals surface area contributed by atoms with Crippen LogP contribution in [0.4, 0.5) is 14.5 Å². The lowest BCUT2D eigenvalue weighted by Gasteiger charge is -2.13. The Bertz CT molecular complexity index is 304. The summed E-state index contributed by atoms with van der Waals surface area (Å²) in [4.78, 5) is 0. The quantitative estimate of drug-likeness (QED) is 0.788. The summed E-state index contributed by atoms with van der Waals surface area (Å²) in [5.41, 5.74) is -0.0528. The van der Waals surface area contributed by atoms with Gasteiger partial charge in [-0.1, -0.05) is 6.07 Å². The molecule has 0 radical (unpaired) electrons. The minimum atomic E-state index is -0.558. The molecule has 0 aromatic heterocycles. The molecule has 1 aliphatic heterocycles. The Morgan fingerprint density at radius 1 is 1.29 bits per heavy atom. The predicted octanol–water partition coefficient (Wildman–Crippen LogP) is 2.17. The van der Waals surface area contributed by atoms with Gasteiger partial charge in [0.05, 0.1) is 12.6 Å². The molecule has 1 aromatic rings. The second-order valence-electron chi connectivity index (χ2n) is 3.30. The van der Waals surface area contributed by atoms with Crippen molar-refractivity contribution in [2.75, 3.05) is 18.5 Å². The molecule has 1 saturated heterocycles. The Morgan fingerprint density at radius 2 is 2.00 bits per heavy atom. The second kappa shape index (κ2) is 3.92. The minimum absolute atomic E-state index is 0.0152. The van der Waals surface area contributed by atoms with Crippen LogP contribution in [0.3, 0.4) is 0 Å². The zero-order chi connectivity index (χ0) is 9.97. The molecule has 4 heteroatoms. The molecule has 2 rings (SSSR count). The van der Waals surface area contributed by atoms with Crippen molar-refractivity contribution in [1.29, 1.82) is 0 Å². The van der Waals surface area contributed by atoms with Crippen LogP contribution in [-0.2, 0) is 4.74 Å². The van der Waals surface area contributed by atoms with Gasteiger partial charge in [-0.05, 0) is 18.6 Å². The molecule has 14 heavy (non-hydrogen) atoms. The van der Waals surface area contributed by atoms with E-state index in [0.29, 0.717) is 13.2 Å². The van der Waals surface area contributed by atoms with Crippen LogP contribution in [-0.4, -0.2) is 19.3 Å². The summed E-state index contributed by atoms with van der Waals surface area (Å²) in [5.74, 6) is -1.12. The minimum Gasteiger partial charge on any atom is -0.379 e. The molecule has 2 nitrogen and oxygen atoms in total. The van der Waals surface area contributed by atoms with Crippen LogP contribution < -0.4 is 5.32 Å². The highest BCUT2D eigenvalue weighted by atomic mass is 19.1. The van der Waals surface area contributed by atoms with Gasteiger partial charge in [0.25, 0.3) is 0 Å². The van der Waals surface area contributed by atoms with E-state index in [4.69, 9.17) is 4.74 Å². The lowest BCUT2D eigenvalue weighted by atomic mass is 10.2. The maximum absolute atomic E-state index is 13.2. The standard InChI is InChI=1S/C10H11F2NO/c11-8-2-1-3-9(12)10(8)13-7-4-5-14-6-7/h1-3,7,13H,4-6H2. The Kier molecular flexibility index (Phi) is 2.63. The van der Waals surface area contributed by atoms with E-state index in [1.54, 1.807) is 0 Å². The van der Waals surface area contributed by atoms with Crippen molar-refractivity contribution in [1.82, 2.24) is 0 Å². The van der Waals surface area contributed by atoms with Gasteiger partial charge in [-0.15, -0.1) is 0 Å². The number of halogens is 2. The van der Waals surface area contributed by atoms with Crippen molar-refractivity contribution in [2.45, 2.75) is 12.5 Å². The van der Waals surface area contributed by atoms with Crippen molar-refractivity contribution in [3.63, 3.8) is 0 Å². The predicted molar refractivity (Wildman–Crippen MR) is 49.2 cm³/mol. The zero-order valence-electron chi connectivity index (χ0n) is 7.59. The van der Waals surface area contributed by atoms with Gasteiger partial charge in [-0.2, -0.15) is 0 Å². The number of anilines is 1. The number of hydrogen-bond donors (Lipinski definition) is 1. The van der Waals surface area contributed by atoms with Gasteiger partial charge < -0.3 is 10.1 Å². The van der Waals surface area contributed by atoms with Crippen molar-refractivity contribution in [3.05, 3.63) is 29.8 Å². The van der Waals surface area contributed by atoms with Crippen molar-refractivity contribution >= 4 is 5.69 Å². The summed E-state index contributed by atoms with van der Waals surface area (Å²) < 4.78 is 31.4. The Hall–Kier alpha value is -1.16. The summed E-state index contributed by atoms with van der Waals surface area (Å²) in [6.45, 7) is 1.15. The molecule has 0 saturated carbocycles. The SMILES string of the molecule is Fc1cccc(F)c1NC1CCOC1. The molecule has 1 unspecified atom stereocenters. The van der Waals surface area contributed by atoms with Crippen molar-refractivity contribution < 1.29 is 13.5 Å². The molecule has 0 amide bonds. The third-order valence-corrected chi connectivity index (χ3v) is 2.24. The molecule has 1 fully saturated rings. The van der Waals surface area contributed by atoms with E-state index in [0.717, 1.165) is 6.42 Å². The molecular weight excluding hydrogens is 188 g/mol. The lowest BCUT2D eigenvalue weighted by molar-refractivity contribution is 0.195. The summed E-state index contributed by atoms with van der Waals surface area (Å²) in [5, 5.41) is 2.80. The van der Waals surface area contributed by atoms with Crippen molar-refractivity contribution in [3.8, 4) is 0 Å². The van der Waals surface area contributed by atoms with E-state index in [9.17, 15) is 8.78 Å². The highest BCUT2D eigenvalue weighted by Gasteiger charge is 2.18. The first-order valence-electron chi connectivity index (χ1n) is 4.55. The number of para-hydroxylation sites is 1. The lowest BCUT2D eigenvalue weighted by Crippen LogP contribution is -2.20. The Morgan fingerprint density at radius 3 is 2.57 bits per heavy atom. The summed E-state index contributed by atoms with van der Waals surface area (Å²) in [6, 6.07) is 3.84. The summed E-state index contributed by atoms with van der Waals surface area (Å²) in [6.07, 6.45) is 0.785. The number of rotatable bonds is 2. The topological polar surface area (TPSA) is 21.3 Å². The molecule has 0 aliphatic carbocycles. The first-order valence-corrected chi connectivity index (χ1v) is 4.55. The first-order chi connectivity index (χ1) is 6.77. The van der Waals surface area contributed by atoms with Crippen LogP contribution in [0.1, 0.15) is 6.42 Å². The second-order valence-corrected chi connectivity index (χ2v) is 3.30. The van der Waals surface area contributed by atoms with Crippen LogP contribution in [0.25, 0.3) is 0 Å². The Labute approximate surface area is 80.9 Å². The highest BCUT2D eigenvalue weighted by Crippen LogP contribution is 2.20. The summed E-state index contributed by atoms with van der Waals surface area (Å²) in [7, 11) is 0. The molecule has 1 aliphatic rings. The Balaban J connectivity index is 2.14. The van der Waals surface area contributed by atoms with Crippen LogP contribution in [0, 0.1) is 11.6 Å². The van der Waals surface area contributed by atoms with Gasteiger partial charge in [-0.25, -0.2) is 8.78 Å². The van der Waals surface area contributed by atoms with Gasteiger partial charge in [0.15, 0.2) is 0 Å². The number of ether oxygens (including phenoxy) is 1. The van der Waals surface area contributed by atoms with E-state index in [1.807, 2.05) is 0 Å². The molecule has 1 aromatic carbocycles. The number of hydrogen-bond acceptors (Lipinski definition) is 2. The average Bonchev–Trinajstić information content (AvgIpc) is 2.64. The first kappa shape index (κ1) is 9.40. The highest BCUT2D eigenvalue weighted by molar-refractivity contribution is 5.47. The fourth-order valence-electron chi connectivity index (χ4n) is 1.49. The largest absolute Gasteiger partial charge is 0.379 e. The van der Waals surface area contributed by atoms with Crippen LogP contribution in [0.15, 0.2) is 18.2 Å². The van der Waals surface area contributed by atoms with Crippen LogP contribution in [0.5, 0.6) is 0 Å². The van der Waals surface area contributed by atoms with Gasteiger partial charge in [-0.3, -0.25) is 0 Å². The van der Waals surface area contributed by atoms with Gasteiger partial charge in [0.2, 0.25) is 0 Å². The van der Waals surface area contributed by atoms with Gasteiger partial charge in [0, 0.05) is 6.61 Å². The van der Waals surface area contributed by atoms with E-state index in [2.05, 4.69) is 5.32 Å². The monoisotopic (exact) mass is 199 g/mol. The third kappa shape index (κ3) is 1.85. The molecule has 76 valence electrons. The maximum atomic E-state index is 13.2. The van der Waals surface area contributed by atoms with E-state index in [1.165, 1.54) is 18.2 Å². The third-order valence-electron chi connectivity index (χ3n) is 2.24. The molecular formula is C10H11F2NO. The van der Waals surface area contributed by atoms with E-state index >= 15 is 0 Å². The van der Waals surface area contributed by atoms with Crippen molar-refractivity contribution in [2.24, 2.45) is 0 Å². The zero-order valence-corrected chi connectivity index (χ0v) is 7.59.